The Kier molecular flexibility index (Phi) is 9.80. The molecular weight excluding hydrogens is 503 g/mol. The monoisotopic (exact) mass is 528 g/mol. The first-order chi connectivity index (χ1) is 13.2. The number of benzene rings is 1. The fourth-order valence-corrected chi connectivity index (χ4v) is 2.44. The first-order valence-electron chi connectivity index (χ1n) is 8.95. The zero-order chi connectivity index (χ0) is 20.7. The van der Waals surface area contributed by atoms with Gasteiger partial charge in [-0.15, -0.1) is 34.2 Å². The molecule has 1 aromatic heterocycles. The van der Waals surface area contributed by atoms with Gasteiger partial charge in [0, 0.05) is 13.6 Å². The summed E-state index contributed by atoms with van der Waals surface area (Å²) < 4.78 is 54.5. The van der Waals surface area contributed by atoms with Crippen molar-refractivity contribution in [3.63, 3.8) is 0 Å². The average molecular weight is 528 g/mol. The second-order valence-corrected chi connectivity index (χ2v) is 6.32. The van der Waals surface area contributed by atoms with Gasteiger partial charge in [0.05, 0.1) is 18.7 Å². The van der Waals surface area contributed by atoms with E-state index in [4.69, 9.17) is 0 Å². The van der Waals surface area contributed by atoms with Gasteiger partial charge < -0.3 is 15.2 Å². The summed E-state index contributed by atoms with van der Waals surface area (Å²) in [5, 5.41) is 14.1. The van der Waals surface area contributed by atoms with Crippen LogP contribution in [0.1, 0.15) is 42.5 Å². The maximum atomic E-state index is 13.3. The van der Waals surface area contributed by atoms with Crippen molar-refractivity contribution >= 4 is 29.9 Å². The molecule has 0 spiro atoms. The SMILES string of the molecule is CCCCNC(=NCc1ccc(F)cc1C(F)(F)F)NCc1nnc(C)n1C.I. The van der Waals surface area contributed by atoms with E-state index in [1.54, 1.807) is 4.57 Å². The Hall–Kier alpha value is -1.92. The molecule has 0 unspecified atom stereocenters. The highest BCUT2D eigenvalue weighted by Crippen LogP contribution is 2.32. The third-order valence-corrected chi connectivity index (χ3v) is 4.20. The predicted molar refractivity (Wildman–Crippen MR) is 113 cm³/mol. The number of aliphatic imine (C=N–C) groups is 1. The molecule has 29 heavy (non-hydrogen) atoms. The van der Waals surface area contributed by atoms with Crippen LogP contribution in [-0.4, -0.2) is 27.3 Å². The molecule has 0 aliphatic carbocycles. The van der Waals surface area contributed by atoms with Crippen LogP contribution < -0.4 is 10.6 Å². The third kappa shape index (κ3) is 7.44. The largest absolute Gasteiger partial charge is 0.416 e. The van der Waals surface area contributed by atoms with Crippen molar-refractivity contribution in [1.29, 1.82) is 0 Å². The van der Waals surface area contributed by atoms with E-state index in [1.807, 2.05) is 20.9 Å². The normalized spacial score (nSPS) is 11.9. The van der Waals surface area contributed by atoms with Crippen LogP contribution in [0.5, 0.6) is 0 Å². The number of halogens is 5. The highest BCUT2D eigenvalue weighted by Gasteiger charge is 2.33. The maximum Gasteiger partial charge on any atom is 0.416 e. The lowest BCUT2D eigenvalue weighted by molar-refractivity contribution is -0.138. The number of aryl methyl sites for hydroxylation is 1. The summed E-state index contributed by atoms with van der Waals surface area (Å²) in [5.41, 5.74) is -1.12. The summed E-state index contributed by atoms with van der Waals surface area (Å²) >= 11 is 0. The predicted octanol–water partition coefficient (Wildman–Crippen LogP) is 3.93. The van der Waals surface area contributed by atoms with E-state index < -0.39 is 17.6 Å². The molecule has 2 N–H and O–H groups in total. The van der Waals surface area contributed by atoms with Gasteiger partial charge in [0.15, 0.2) is 11.8 Å². The van der Waals surface area contributed by atoms with Gasteiger partial charge in [-0.25, -0.2) is 9.38 Å². The van der Waals surface area contributed by atoms with Crippen LogP contribution >= 0.6 is 24.0 Å². The van der Waals surface area contributed by atoms with E-state index in [2.05, 4.69) is 25.8 Å². The minimum atomic E-state index is -4.65. The van der Waals surface area contributed by atoms with Crippen molar-refractivity contribution in [3.05, 3.63) is 46.8 Å². The van der Waals surface area contributed by atoms with Crippen molar-refractivity contribution in [1.82, 2.24) is 25.4 Å². The minimum absolute atomic E-state index is 0. The Morgan fingerprint density at radius 3 is 2.52 bits per heavy atom. The molecule has 0 saturated carbocycles. The number of alkyl halides is 3. The van der Waals surface area contributed by atoms with Gasteiger partial charge in [0.2, 0.25) is 0 Å². The molecule has 0 saturated heterocycles. The van der Waals surface area contributed by atoms with Crippen LogP contribution in [0.3, 0.4) is 0 Å². The fourth-order valence-electron chi connectivity index (χ4n) is 2.44. The second kappa shape index (κ2) is 11.3. The van der Waals surface area contributed by atoms with Gasteiger partial charge in [-0.2, -0.15) is 13.2 Å². The average Bonchev–Trinajstić information content (AvgIpc) is 2.95. The van der Waals surface area contributed by atoms with E-state index in [-0.39, 0.29) is 36.1 Å². The Balaban J connectivity index is 0.00000420. The molecular formula is C18H25F4IN6. The first-order valence-corrected chi connectivity index (χ1v) is 8.95. The number of hydrogen-bond donors (Lipinski definition) is 2. The molecule has 0 bridgehead atoms. The molecule has 2 rings (SSSR count). The zero-order valence-corrected chi connectivity index (χ0v) is 18.8. The summed E-state index contributed by atoms with van der Waals surface area (Å²) in [7, 11) is 1.82. The van der Waals surface area contributed by atoms with Crippen molar-refractivity contribution in [2.75, 3.05) is 6.54 Å². The molecule has 1 aromatic carbocycles. The second-order valence-electron chi connectivity index (χ2n) is 6.32. The van der Waals surface area contributed by atoms with Crippen LogP contribution in [0.15, 0.2) is 23.2 Å². The van der Waals surface area contributed by atoms with E-state index in [9.17, 15) is 17.6 Å². The Bertz CT molecular complexity index is 819. The van der Waals surface area contributed by atoms with Crippen LogP contribution in [0.4, 0.5) is 17.6 Å². The highest BCUT2D eigenvalue weighted by atomic mass is 127. The van der Waals surface area contributed by atoms with E-state index in [0.29, 0.717) is 30.9 Å². The van der Waals surface area contributed by atoms with Crippen LogP contribution in [0, 0.1) is 12.7 Å². The quantitative estimate of drug-likeness (QED) is 0.188. The topological polar surface area (TPSA) is 67.1 Å². The molecule has 1 heterocycles. The molecule has 0 aliphatic heterocycles. The highest BCUT2D eigenvalue weighted by molar-refractivity contribution is 14.0. The molecule has 11 heteroatoms. The van der Waals surface area contributed by atoms with Crippen LogP contribution in [-0.2, 0) is 26.3 Å². The van der Waals surface area contributed by atoms with Crippen molar-refractivity contribution in [2.45, 2.75) is 46.0 Å². The molecule has 0 fully saturated rings. The number of nitrogens with zero attached hydrogens (tertiary/aromatic N) is 4. The molecule has 2 aromatic rings. The molecule has 0 radical (unpaired) electrons. The molecule has 6 nitrogen and oxygen atoms in total. The van der Waals surface area contributed by atoms with Crippen LogP contribution in [0.25, 0.3) is 0 Å². The number of unbranched alkanes of at least 4 members (excludes halogenated alkanes) is 1. The number of rotatable bonds is 7. The lowest BCUT2D eigenvalue weighted by Gasteiger charge is -2.14. The van der Waals surface area contributed by atoms with Gasteiger partial charge in [0.1, 0.15) is 11.6 Å². The summed E-state index contributed by atoms with van der Waals surface area (Å²) in [6.07, 6.45) is -2.81. The van der Waals surface area contributed by atoms with Gasteiger partial charge in [-0.3, -0.25) is 0 Å². The standard InChI is InChI=1S/C18H24F4N6.HI/c1-4-5-8-23-17(25-11-16-27-26-12(2)28(16)3)24-10-13-6-7-14(19)9-15(13)18(20,21)22;/h6-7,9H,4-5,8,10-11H2,1-3H3,(H2,23,24,25);1H. The minimum Gasteiger partial charge on any atom is -0.356 e. The van der Waals surface area contributed by atoms with E-state index in [0.717, 1.165) is 30.8 Å². The summed E-state index contributed by atoms with van der Waals surface area (Å²) in [5.74, 6) is 0.833. The molecule has 0 aliphatic rings. The van der Waals surface area contributed by atoms with Gasteiger partial charge >= 0.3 is 6.18 Å². The lowest BCUT2D eigenvalue weighted by Crippen LogP contribution is -2.38. The summed E-state index contributed by atoms with van der Waals surface area (Å²) in [6.45, 7) is 4.54. The summed E-state index contributed by atoms with van der Waals surface area (Å²) in [4.78, 5) is 4.24. The van der Waals surface area contributed by atoms with Crippen molar-refractivity contribution in [3.8, 4) is 0 Å². The molecule has 0 atom stereocenters. The van der Waals surface area contributed by atoms with Crippen molar-refractivity contribution < 1.29 is 17.6 Å². The number of nitrogens with one attached hydrogen (secondary N) is 2. The number of aromatic nitrogens is 3. The molecule has 0 amide bonds. The van der Waals surface area contributed by atoms with E-state index in [1.165, 1.54) is 0 Å². The Labute approximate surface area is 184 Å². The Morgan fingerprint density at radius 1 is 1.21 bits per heavy atom. The third-order valence-electron chi connectivity index (χ3n) is 4.20. The fraction of sp³-hybridized carbons (Fsp3) is 0.500. The number of hydrogen-bond acceptors (Lipinski definition) is 3. The maximum absolute atomic E-state index is 13.3. The van der Waals surface area contributed by atoms with Crippen molar-refractivity contribution in [2.24, 2.45) is 12.0 Å². The zero-order valence-electron chi connectivity index (χ0n) is 16.5. The smallest absolute Gasteiger partial charge is 0.356 e. The van der Waals surface area contributed by atoms with Gasteiger partial charge in [-0.05, 0) is 31.0 Å². The van der Waals surface area contributed by atoms with Gasteiger partial charge in [-0.1, -0.05) is 19.4 Å². The van der Waals surface area contributed by atoms with Crippen LogP contribution in [0.2, 0.25) is 0 Å². The Morgan fingerprint density at radius 2 is 1.93 bits per heavy atom. The lowest BCUT2D eigenvalue weighted by atomic mass is 10.1. The first kappa shape index (κ1) is 25.1. The molecule has 162 valence electrons. The number of guanidine groups is 1. The summed E-state index contributed by atoms with van der Waals surface area (Å²) in [6, 6.07) is 2.60. The van der Waals surface area contributed by atoms with Gasteiger partial charge in [0.25, 0.3) is 0 Å². The van der Waals surface area contributed by atoms with E-state index >= 15 is 0 Å².